The first-order valence-corrected chi connectivity index (χ1v) is 13.8. The summed E-state index contributed by atoms with van der Waals surface area (Å²) in [5.74, 6) is -1.35. The van der Waals surface area contributed by atoms with Crippen molar-refractivity contribution in [1.29, 1.82) is 0 Å². The summed E-state index contributed by atoms with van der Waals surface area (Å²) in [6, 6.07) is 2.25. The number of rotatable bonds is 4. The predicted molar refractivity (Wildman–Crippen MR) is 143 cm³/mol. The minimum Gasteiger partial charge on any atom is -0.455 e. The van der Waals surface area contributed by atoms with E-state index in [1.807, 2.05) is 0 Å². The number of esters is 2. The largest absolute Gasteiger partial charge is 0.455 e. The lowest BCUT2D eigenvalue weighted by molar-refractivity contribution is -0.161. The molecule has 44 heavy (non-hydrogen) atoms. The molecule has 2 aromatic heterocycles. The summed E-state index contributed by atoms with van der Waals surface area (Å²) >= 11 is 0. The van der Waals surface area contributed by atoms with E-state index in [4.69, 9.17) is 33.3 Å². The molecule has 18 heteroatoms. The van der Waals surface area contributed by atoms with Crippen LogP contribution in [0.3, 0.4) is 0 Å². The van der Waals surface area contributed by atoms with E-state index >= 15 is 0 Å². The Morgan fingerprint density at radius 1 is 0.795 bits per heavy atom. The van der Waals surface area contributed by atoms with Gasteiger partial charge in [-0.3, -0.25) is 38.3 Å². The van der Waals surface area contributed by atoms with Gasteiger partial charge in [-0.15, -0.1) is 0 Å². The smallest absolute Gasteiger partial charge is 0.330 e. The third-order valence-electron chi connectivity index (χ3n) is 7.58. The molecule has 0 amide bonds. The molecule has 2 N–H and O–H groups in total. The Balaban J connectivity index is 1.36. The van der Waals surface area contributed by atoms with Crippen molar-refractivity contribution in [2.75, 3.05) is 13.2 Å². The second kappa shape index (κ2) is 11.9. The predicted octanol–water partition coefficient (Wildman–Crippen LogP) is -1.94. The molecule has 18 nitrogen and oxygen atoms in total. The maximum Gasteiger partial charge on any atom is 0.330 e. The molecule has 0 spiro atoms. The zero-order valence-corrected chi connectivity index (χ0v) is 23.5. The Morgan fingerprint density at radius 2 is 1.32 bits per heavy atom. The highest BCUT2D eigenvalue weighted by molar-refractivity contribution is 5.86. The number of carbonyl (C=O) groups is 2. The third-order valence-corrected chi connectivity index (χ3v) is 7.58. The number of nitrogens with zero attached hydrogens (tertiary/aromatic N) is 3. The summed E-state index contributed by atoms with van der Waals surface area (Å²) in [7, 11) is 0. The van der Waals surface area contributed by atoms with Crippen molar-refractivity contribution in [3.63, 3.8) is 0 Å². The van der Waals surface area contributed by atoms with E-state index in [0.29, 0.717) is 12.1 Å². The van der Waals surface area contributed by atoms with Crippen LogP contribution in [0.2, 0.25) is 0 Å². The topological polar surface area (TPSA) is 221 Å². The quantitative estimate of drug-likeness (QED) is 0.356. The first-order chi connectivity index (χ1) is 21.1. The molecule has 0 aliphatic carbocycles. The number of hydrogen-bond donors (Lipinski definition) is 2. The summed E-state index contributed by atoms with van der Waals surface area (Å²) < 4.78 is 38.2. The van der Waals surface area contributed by atoms with Gasteiger partial charge >= 0.3 is 23.3 Å². The highest BCUT2D eigenvalue weighted by Gasteiger charge is 2.53. The van der Waals surface area contributed by atoms with Gasteiger partial charge in [0.1, 0.15) is 18.3 Å². The number of H-pyrrole nitrogens is 2. The molecule has 6 rings (SSSR count). The molecule has 2 aromatic rings. The van der Waals surface area contributed by atoms with E-state index < -0.39 is 89.6 Å². The second-order valence-corrected chi connectivity index (χ2v) is 10.7. The second-order valence-electron chi connectivity index (χ2n) is 10.7. The zero-order valence-electron chi connectivity index (χ0n) is 23.5. The number of nitrogens with one attached hydrogen (secondary N) is 2. The van der Waals surface area contributed by atoms with Gasteiger partial charge in [0.15, 0.2) is 30.8 Å². The van der Waals surface area contributed by atoms with Gasteiger partial charge in [-0.25, -0.2) is 9.59 Å². The average molecular weight is 620 g/mol. The van der Waals surface area contributed by atoms with Gasteiger partial charge in [-0.05, 0) is 0 Å². The van der Waals surface area contributed by atoms with E-state index in [1.54, 1.807) is 0 Å². The highest BCUT2D eigenvalue weighted by atomic mass is 16.7. The number of aromatic amines is 2. The summed E-state index contributed by atoms with van der Waals surface area (Å²) in [6.07, 6.45) is -5.99. The number of aromatic nitrogens is 4. The van der Waals surface area contributed by atoms with Crippen LogP contribution >= 0.6 is 0 Å². The molecule has 0 unspecified atom stereocenters. The number of ether oxygens (including phenoxy) is 6. The first kappa shape index (κ1) is 29.7. The molecule has 0 saturated carbocycles. The summed E-state index contributed by atoms with van der Waals surface area (Å²) in [5.41, 5.74) is -2.24. The zero-order chi connectivity index (χ0) is 31.1. The van der Waals surface area contributed by atoms with Crippen LogP contribution in [0, 0.1) is 0 Å². The van der Waals surface area contributed by atoms with E-state index in [1.165, 1.54) is 26.2 Å². The molecule has 3 fully saturated rings. The van der Waals surface area contributed by atoms with Crippen molar-refractivity contribution in [2.45, 2.75) is 81.9 Å². The number of fused-ring (bicyclic) bond motifs is 4. The SMILES string of the molecule is CC(=O)O[C@@H]1[C@H]2OC[C@@H]3CC(=NO3)C[C@H]3O[C@@H](n4ccc(=O)[nH]c4=O)[C@H](OC(C)=O)[C@H]3OC[C@H]2O[C@H]1n1ccc(=O)[nH]c1=O. The fourth-order valence-corrected chi connectivity index (χ4v) is 5.81. The Bertz CT molecular complexity index is 1690. The van der Waals surface area contributed by atoms with Crippen molar-refractivity contribution < 1.29 is 42.8 Å². The van der Waals surface area contributed by atoms with Crippen LogP contribution < -0.4 is 22.5 Å². The van der Waals surface area contributed by atoms with Gasteiger partial charge in [0.2, 0.25) is 0 Å². The molecule has 236 valence electrons. The van der Waals surface area contributed by atoms with Crippen LogP contribution in [0.5, 0.6) is 0 Å². The van der Waals surface area contributed by atoms with E-state index in [-0.39, 0.29) is 19.6 Å². The minimum absolute atomic E-state index is 0.0168. The molecular weight excluding hydrogens is 590 g/mol. The summed E-state index contributed by atoms with van der Waals surface area (Å²) in [4.78, 5) is 83.0. The first-order valence-electron chi connectivity index (χ1n) is 13.8. The van der Waals surface area contributed by atoms with Gasteiger partial charge in [-0.2, -0.15) is 0 Å². The molecule has 0 aromatic carbocycles. The van der Waals surface area contributed by atoms with Crippen LogP contribution in [0.4, 0.5) is 0 Å². The van der Waals surface area contributed by atoms with Crippen molar-refractivity contribution in [3.05, 3.63) is 66.2 Å². The summed E-state index contributed by atoms with van der Waals surface area (Å²) in [6.45, 7) is 2.16. The van der Waals surface area contributed by atoms with Gasteiger partial charge < -0.3 is 33.3 Å². The van der Waals surface area contributed by atoms with E-state index in [0.717, 1.165) is 21.3 Å². The average Bonchev–Trinajstić information content (AvgIpc) is 3.62. The molecule has 9 atom stereocenters. The molecule has 3 saturated heterocycles. The Labute approximate surface area is 246 Å². The van der Waals surface area contributed by atoms with E-state index in [9.17, 15) is 28.8 Å². The molecule has 0 radical (unpaired) electrons. The lowest BCUT2D eigenvalue weighted by Crippen LogP contribution is -2.45. The Morgan fingerprint density at radius 3 is 1.86 bits per heavy atom. The third kappa shape index (κ3) is 5.88. The van der Waals surface area contributed by atoms with Gasteiger partial charge in [0, 0.05) is 51.2 Å². The Kier molecular flexibility index (Phi) is 8.06. The van der Waals surface area contributed by atoms with Gasteiger partial charge in [-0.1, -0.05) is 5.16 Å². The van der Waals surface area contributed by atoms with Crippen LogP contribution in [-0.4, -0.2) is 92.7 Å². The monoisotopic (exact) mass is 619 g/mol. The van der Waals surface area contributed by atoms with Crippen LogP contribution in [0.25, 0.3) is 0 Å². The number of carbonyl (C=O) groups excluding carboxylic acids is 2. The molecule has 2 bridgehead atoms. The van der Waals surface area contributed by atoms with Crippen LogP contribution in [-0.2, 0) is 42.8 Å². The number of oxime groups is 1. The number of hydrogen-bond acceptors (Lipinski definition) is 14. The van der Waals surface area contributed by atoms with Crippen molar-refractivity contribution in [2.24, 2.45) is 5.16 Å². The molecular formula is C26H29N5O13. The maximum atomic E-state index is 12.7. The summed E-state index contributed by atoms with van der Waals surface area (Å²) in [5, 5.41) is 4.15. The molecule has 4 aliphatic heterocycles. The fourth-order valence-electron chi connectivity index (χ4n) is 5.81. The minimum atomic E-state index is -1.21. The fraction of sp³-hybridized carbons (Fsp3) is 0.577. The maximum absolute atomic E-state index is 12.7. The van der Waals surface area contributed by atoms with Crippen LogP contribution in [0.1, 0.15) is 39.1 Å². The van der Waals surface area contributed by atoms with E-state index in [2.05, 4.69) is 15.1 Å². The van der Waals surface area contributed by atoms with Crippen molar-refractivity contribution >= 4 is 17.7 Å². The normalized spacial score (nSPS) is 33.1. The standard InChI is InChI=1S/C26H29N5O13/c1-11(32)40-21-19-15(42-23(21)30-5-3-17(34)27-25(30)36)8-13-7-14(44-29-13)9-38-20-16(10-39-19)43-24(22(20)41-12(2)33)31-6-4-18(35)28-26(31)37/h3-6,14-16,19-24H,7-10H2,1-2H3,(H,27,34,36)(H,28,35,37)/t14-,15+,16+,19-,20-,21+,22+,23+,24+/m0/s1. The van der Waals surface area contributed by atoms with Crippen molar-refractivity contribution in [1.82, 2.24) is 19.1 Å². The Hall–Kier alpha value is -4.39. The van der Waals surface area contributed by atoms with Gasteiger partial charge in [0.05, 0.1) is 25.0 Å². The lowest BCUT2D eigenvalue weighted by atomic mass is 10.0. The lowest BCUT2D eigenvalue weighted by Gasteiger charge is -2.28. The molecule has 6 heterocycles. The van der Waals surface area contributed by atoms with Gasteiger partial charge in [0.25, 0.3) is 11.1 Å². The highest BCUT2D eigenvalue weighted by Crippen LogP contribution is 2.39. The van der Waals surface area contributed by atoms with Crippen LogP contribution in [0.15, 0.2) is 48.9 Å². The van der Waals surface area contributed by atoms with Crippen molar-refractivity contribution in [3.8, 4) is 0 Å². The molecule has 4 aliphatic rings.